The average Bonchev–Trinajstić information content (AvgIpc) is 2.94. The highest BCUT2D eigenvalue weighted by Crippen LogP contribution is 2.33. The molecular formula is C19H14BrClN2O5. The van der Waals surface area contributed by atoms with Gasteiger partial charge in [0.1, 0.15) is 11.3 Å². The van der Waals surface area contributed by atoms with Gasteiger partial charge in [-0.25, -0.2) is 9.80 Å². The maximum absolute atomic E-state index is 12.7. The first kappa shape index (κ1) is 19.9. The van der Waals surface area contributed by atoms with Crippen LogP contribution in [0.2, 0.25) is 5.02 Å². The van der Waals surface area contributed by atoms with Crippen molar-refractivity contribution in [2.24, 2.45) is 0 Å². The van der Waals surface area contributed by atoms with Crippen molar-refractivity contribution in [3.8, 4) is 5.75 Å². The number of nitrogens with one attached hydrogen (secondary N) is 1. The first-order chi connectivity index (χ1) is 13.3. The van der Waals surface area contributed by atoms with E-state index < -0.39 is 17.8 Å². The smallest absolute Gasteiger partial charge is 0.338 e. The second-order valence-electron chi connectivity index (χ2n) is 5.73. The summed E-state index contributed by atoms with van der Waals surface area (Å²) in [7, 11) is 0. The van der Waals surface area contributed by atoms with E-state index in [2.05, 4.69) is 21.4 Å². The summed E-state index contributed by atoms with van der Waals surface area (Å²) in [6.45, 7) is 1.96. The van der Waals surface area contributed by atoms with Crippen LogP contribution in [-0.2, 0) is 14.3 Å². The van der Waals surface area contributed by atoms with E-state index in [4.69, 9.17) is 16.3 Å². The Balaban J connectivity index is 1.89. The van der Waals surface area contributed by atoms with Crippen LogP contribution >= 0.6 is 27.5 Å². The SMILES string of the molecule is CCOC(=O)c1ccc(N2NC(=O)/C(=C/c3cc(Cl)cc(Br)c3O)C2=O)cc1. The number of carbonyl (C=O) groups is 3. The number of phenolic OH excluding ortho intramolecular Hbond substituents is 1. The Labute approximate surface area is 173 Å². The number of phenols is 1. The third-order valence-electron chi connectivity index (χ3n) is 3.89. The standard InChI is InChI=1S/C19H14BrClN2O5/c1-2-28-19(27)10-3-5-13(6-4-10)23-18(26)14(17(25)22-23)8-11-7-12(21)9-15(20)16(11)24/h3-9,24H,2H2,1H3,(H,22,25)/b14-8-. The van der Waals surface area contributed by atoms with E-state index in [0.717, 1.165) is 5.01 Å². The van der Waals surface area contributed by atoms with Gasteiger partial charge in [-0.2, -0.15) is 0 Å². The molecule has 144 valence electrons. The quantitative estimate of drug-likeness (QED) is 0.410. The molecule has 7 nitrogen and oxygen atoms in total. The summed E-state index contributed by atoms with van der Waals surface area (Å²) in [4.78, 5) is 36.7. The van der Waals surface area contributed by atoms with E-state index in [1.807, 2.05) is 0 Å². The van der Waals surface area contributed by atoms with Crippen molar-refractivity contribution >= 4 is 57.1 Å². The monoisotopic (exact) mass is 464 g/mol. The third-order valence-corrected chi connectivity index (χ3v) is 4.71. The van der Waals surface area contributed by atoms with Gasteiger partial charge in [-0.3, -0.25) is 15.0 Å². The second kappa shape index (κ2) is 8.04. The molecule has 2 aromatic rings. The van der Waals surface area contributed by atoms with E-state index in [1.54, 1.807) is 6.92 Å². The molecule has 0 unspecified atom stereocenters. The van der Waals surface area contributed by atoms with Crippen LogP contribution in [0.3, 0.4) is 0 Å². The summed E-state index contributed by atoms with van der Waals surface area (Å²) in [5.41, 5.74) is 3.19. The summed E-state index contributed by atoms with van der Waals surface area (Å²) in [5.74, 6) is -1.86. The Bertz CT molecular complexity index is 1000. The minimum Gasteiger partial charge on any atom is -0.506 e. The normalized spacial score (nSPS) is 15.1. The van der Waals surface area contributed by atoms with Gasteiger partial charge in [-0.05, 0) is 65.3 Å². The molecule has 9 heteroatoms. The van der Waals surface area contributed by atoms with Crippen LogP contribution in [0.5, 0.6) is 5.75 Å². The lowest BCUT2D eigenvalue weighted by molar-refractivity contribution is -0.117. The number of rotatable bonds is 4. The number of hydrogen-bond acceptors (Lipinski definition) is 5. The molecule has 0 aliphatic carbocycles. The first-order valence-electron chi connectivity index (χ1n) is 8.14. The number of amides is 2. The van der Waals surface area contributed by atoms with E-state index >= 15 is 0 Å². The fourth-order valence-electron chi connectivity index (χ4n) is 2.55. The number of halogens is 2. The molecule has 1 fully saturated rings. The average molecular weight is 466 g/mol. The highest BCUT2D eigenvalue weighted by molar-refractivity contribution is 9.10. The van der Waals surface area contributed by atoms with Gasteiger partial charge in [0, 0.05) is 10.6 Å². The maximum atomic E-state index is 12.7. The number of hydrazine groups is 1. The topological polar surface area (TPSA) is 95.9 Å². The molecule has 3 rings (SSSR count). The van der Waals surface area contributed by atoms with Crippen molar-refractivity contribution in [1.29, 1.82) is 0 Å². The number of esters is 1. The van der Waals surface area contributed by atoms with Crippen molar-refractivity contribution in [3.63, 3.8) is 0 Å². The summed E-state index contributed by atoms with van der Waals surface area (Å²) < 4.78 is 5.25. The van der Waals surface area contributed by atoms with Crippen LogP contribution < -0.4 is 10.4 Å². The van der Waals surface area contributed by atoms with Gasteiger partial charge in [-0.15, -0.1) is 0 Å². The molecule has 2 amide bonds. The zero-order valence-corrected chi connectivity index (χ0v) is 16.9. The molecule has 1 saturated heterocycles. The highest BCUT2D eigenvalue weighted by Gasteiger charge is 2.34. The second-order valence-corrected chi connectivity index (χ2v) is 7.02. The van der Waals surface area contributed by atoms with E-state index in [-0.39, 0.29) is 23.5 Å². The van der Waals surface area contributed by atoms with Gasteiger partial charge in [-0.1, -0.05) is 11.6 Å². The Kier molecular flexibility index (Phi) is 5.71. The predicted octanol–water partition coefficient (Wildman–Crippen LogP) is 3.45. The third kappa shape index (κ3) is 3.88. The van der Waals surface area contributed by atoms with Crippen molar-refractivity contribution in [2.45, 2.75) is 6.92 Å². The molecule has 0 aromatic heterocycles. The lowest BCUT2D eigenvalue weighted by Crippen LogP contribution is -2.35. The highest BCUT2D eigenvalue weighted by atomic mass is 79.9. The van der Waals surface area contributed by atoms with Crippen molar-refractivity contribution in [1.82, 2.24) is 5.43 Å². The van der Waals surface area contributed by atoms with Gasteiger partial charge in [0.25, 0.3) is 11.8 Å². The van der Waals surface area contributed by atoms with Gasteiger partial charge in [0.15, 0.2) is 0 Å². The lowest BCUT2D eigenvalue weighted by atomic mass is 10.1. The number of nitrogens with zero attached hydrogens (tertiary/aromatic N) is 1. The number of carbonyl (C=O) groups excluding carboxylic acids is 3. The van der Waals surface area contributed by atoms with Crippen LogP contribution in [-0.4, -0.2) is 29.5 Å². The van der Waals surface area contributed by atoms with Crippen molar-refractivity contribution < 1.29 is 24.2 Å². The zero-order valence-electron chi connectivity index (χ0n) is 14.5. The van der Waals surface area contributed by atoms with Crippen molar-refractivity contribution in [2.75, 3.05) is 11.6 Å². The molecule has 1 aliphatic heterocycles. The Morgan fingerprint density at radius 2 is 1.96 bits per heavy atom. The molecule has 0 atom stereocenters. The molecule has 0 saturated carbocycles. The fraction of sp³-hybridized carbons (Fsp3) is 0.105. The van der Waals surface area contributed by atoms with Crippen LogP contribution in [0.4, 0.5) is 5.69 Å². The van der Waals surface area contributed by atoms with E-state index in [9.17, 15) is 19.5 Å². The van der Waals surface area contributed by atoms with E-state index in [1.165, 1.54) is 42.5 Å². The predicted molar refractivity (Wildman–Crippen MR) is 107 cm³/mol. The van der Waals surface area contributed by atoms with Crippen LogP contribution in [0, 0.1) is 0 Å². The molecule has 2 aromatic carbocycles. The Morgan fingerprint density at radius 3 is 2.61 bits per heavy atom. The summed E-state index contributed by atoms with van der Waals surface area (Å²) in [5, 5.41) is 11.5. The molecule has 0 radical (unpaired) electrons. The van der Waals surface area contributed by atoms with Gasteiger partial charge in [0.05, 0.1) is 22.3 Å². The zero-order chi connectivity index (χ0) is 20.4. The number of anilines is 1. The fourth-order valence-corrected chi connectivity index (χ4v) is 3.39. The van der Waals surface area contributed by atoms with Gasteiger partial charge in [0.2, 0.25) is 0 Å². The molecule has 1 heterocycles. The summed E-state index contributed by atoms with van der Waals surface area (Å²) in [6, 6.07) is 8.95. The Hall–Kier alpha value is -2.84. The Morgan fingerprint density at radius 1 is 1.29 bits per heavy atom. The lowest BCUT2D eigenvalue weighted by Gasteiger charge is -2.14. The largest absolute Gasteiger partial charge is 0.506 e. The molecule has 1 aliphatic rings. The molecule has 28 heavy (non-hydrogen) atoms. The number of benzene rings is 2. The van der Waals surface area contributed by atoms with E-state index in [0.29, 0.717) is 20.7 Å². The number of aromatic hydroxyl groups is 1. The summed E-state index contributed by atoms with van der Waals surface area (Å²) >= 11 is 9.12. The van der Waals surface area contributed by atoms with Gasteiger partial charge < -0.3 is 9.84 Å². The van der Waals surface area contributed by atoms with Gasteiger partial charge >= 0.3 is 5.97 Å². The van der Waals surface area contributed by atoms with Crippen LogP contribution in [0.1, 0.15) is 22.8 Å². The molecule has 0 spiro atoms. The minimum atomic E-state index is -0.630. The van der Waals surface area contributed by atoms with Crippen molar-refractivity contribution in [3.05, 3.63) is 62.6 Å². The molecular weight excluding hydrogens is 452 g/mol. The van der Waals surface area contributed by atoms with Crippen LogP contribution in [0.15, 0.2) is 46.4 Å². The molecule has 0 bridgehead atoms. The first-order valence-corrected chi connectivity index (χ1v) is 9.31. The number of hydrogen-bond donors (Lipinski definition) is 2. The summed E-state index contributed by atoms with van der Waals surface area (Å²) in [6.07, 6.45) is 1.26. The number of ether oxygens (including phenoxy) is 1. The van der Waals surface area contributed by atoms with Crippen LogP contribution in [0.25, 0.3) is 6.08 Å². The maximum Gasteiger partial charge on any atom is 0.338 e. The molecule has 2 N–H and O–H groups in total. The minimum absolute atomic E-state index is 0.144.